The average molecular weight is 255 g/mol. The highest BCUT2D eigenvalue weighted by atomic mass is 19.4. The van der Waals surface area contributed by atoms with Crippen LogP contribution in [0.5, 0.6) is 0 Å². The van der Waals surface area contributed by atoms with Gasteiger partial charge in [0.15, 0.2) is 0 Å². The maximum Gasteiger partial charge on any atom is 0.401 e. The lowest BCUT2D eigenvalue weighted by Gasteiger charge is -2.22. The molecule has 1 saturated heterocycles. The van der Waals surface area contributed by atoms with Crippen molar-refractivity contribution < 1.29 is 13.2 Å². The van der Waals surface area contributed by atoms with E-state index in [0.717, 1.165) is 6.42 Å². The largest absolute Gasteiger partial charge is 0.401 e. The smallest absolute Gasteiger partial charge is 0.294 e. The van der Waals surface area contributed by atoms with Gasteiger partial charge in [0, 0.05) is 18.5 Å². The third-order valence-electron chi connectivity index (χ3n) is 4.25. The van der Waals surface area contributed by atoms with Gasteiger partial charge in [-0.3, -0.25) is 4.90 Å². The number of hydrogen-bond acceptors (Lipinski definition) is 1. The van der Waals surface area contributed by atoms with E-state index in [-0.39, 0.29) is 5.41 Å². The Morgan fingerprint density at radius 1 is 1.28 bits per heavy atom. The summed E-state index contributed by atoms with van der Waals surface area (Å²) < 4.78 is 37.2. The number of benzene rings is 1. The summed E-state index contributed by atoms with van der Waals surface area (Å²) in [6.45, 7) is 2.40. The standard InChI is InChI=1S/C14H16F3N/c1-10-2-4-11(5-3-10)13-6-12(13)7-18(8-13)9-14(15,16)17/h2-5,12H,6-9H2,1H3. The maximum atomic E-state index is 12.4. The van der Waals surface area contributed by atoms with Gasteiger partial charge in [0.1, 0.15) is 0 Å². The fourth-order valence-corrected chi connectivity index (χ4v) is 3.29. The Bertz CT molecular complexity index is 451. The summed E-state index contributed by atoms with van der Waals surface area (Å²) >= 11 is 0. The predicted molar refractivity (Wildman–Crippen MR) is 63.5 cm³/mol. The quantitative estimate of drug-likeness (QED) is 0.784. The second kappa shape index (κ2) is 3.73. The minimum atomic E-state index is -4.08. The molecule has 0 N–H and O–H groups in total. The molecule has 3 rings (SSSR count). The van der Waals surface area contributed by atoms with Crippen LogP contribution in [0.3, 0.4) is 0 Å². The molecule has 18 heavy (non-hydrogen) atoms. The molecular weight excluding hydrogens is 239 g/mol. The summed E-state index contributed by atoms with van der Waals surface area (Å²) in [7, 11) is 0. The normalized spacial score (nSPS) is 31.4. The zero-order valence-corrected chi connectivity index (χ0v) is 10.3. The number of halogens is 3. The summed E-state index contributed by atoms with van der Waals surface area (Å²) in [5, 5.41) is 0. The van der Waals surface area contributed by atoms with E-state index < -0.39 is 12.7 Å². The molecule has 1 saturated carbocycles. The molecule has 0 radical (unpaired) electrons. The highest BCUT2D eigenvalue weighted by Gasteiger charge is 2.61. The Hall–Kier alpha value is -1.03. The van der Waals surface area contributed by atoms with Crippen molar-refractivity contribution in [1.82, 2.24) is 4.90 Å². The van der Waals surface area contributed by atoms with Gasteiger partial charge in [-0.2, -0.15) is 13.2 Å². The molecule has 1 aliphatic carbocycles. The number of piperidine rings is 1. The average Bonchev–Trinajstić information content (AvgIpc) is 2.81. The van der Waals surface area contributed by atoms with Gasteiger partial charge in [0.25, 0.3) is 0 Å². The van der Waals surface area contributed by atoms with Crippen LogP contribution in [0.2, 0.25) is 0 Å². The highest BCUT2D eigenvalue weighted by Crippen LogP contribution is 2.59. The summed E-state index contributed by atoms with van der Waals surface area (Å²) in [6, 6.07) is 8.25. The van der Waals surface area contributed by atoms with Crippen molar-refractivity contribution in [2.24, 2.45) is 5.92 Å². The summed E-state index contributed by atoms with van der Waals surface area (Å²) in [4.78, 5) is 1.55. The Balaban J connectivity index is 1.74. The van der Waals surface area contributed by atoms with Crippen molar-refractivity contribution in [2.75, 3.05) is 19.6 Å². The van der Waals surface area contributed by atoms with Gasteiger partial charge in [-0.25, -0.2) is 0 Å². The first-order chi connectivity index (χ1) is 8.39. The van der Waals surface area contributed by atoms with Crippen LogP contribution in [0.25, 0.3) is 0 Å². The van der Waals surface area contributed by atoms with Crippen molar-refractivity contribution in [3.05, 3.63) is 35.4 Å². The number of nitrogens with zero attached hydrogens (tertiary/aromatic N) is 1. The molecule has 1 aromatic rings. The Morgan fingerprint density at radius 2 is 1.94 bits per heavy atom. The van der Waals surface area contributed by atoms with E-state index in [0.29, 0.717) is 19.0 Å². The van der Waals surface area contributed by atoms with Crippen molar-refractivity contribution in [1.29, 1.82) is 0 Å². The fourth-order valence-electron chi connectivity index (χ4n) is 3.29. The van der Waals surface area contributed by atoms with Crippen molar-refractivity contribution in [2.45, 2.75) is 24.9 Å². The van der Waals surface area contributed by atoms with Gasteiger partial charge in [-0.15, -0.1) is 0 Å². The van der Waals surface area contributed by atoms with Crippen LogP contribution < -0.4 is 0 Å². The van der Waals surface area contributed by atoms with Gasteiger partial charge in [0.05, 0.1) is 6.54 Å². The molecule has 2 aliphatic rings. The molecule has 1 aliphatic heterocycles. The molecule has 98 valence electrons. The molecule has 1 aromatic carbocycles. The Labute approximate surface area is 105 Å². The van der Waals surface area contributed by atoms with Crippen LogP contribution in [0.1, 0.15) is 17.5 Å². The number of aryl methyl sites for hydroxylation is 1. The van der Waals surface area contributed by atoms with Crippen LogP contribution in [0, 0.1) is 12.8 Å². The zero-order chi connectivity index (χ0) is 13.0. The topological polar surface area (TPSA) is 3.24 Å². The fraction of sp³-hybridized carbons (Fsp3) is 0.571. The molecule has 2 fully saturated rings. The van der Waals surface area contributed by atoms with Crippen molar-refractivity contribution in [3.63, 3.8) is 0 Å². The van der Waals surface area contributed by atoms with Crippen LogP contribution >= 0.6 is 0 Å². The van der Waals surface area contributed by atoms with E-state index in [1.165, 1.54) is 11.1 Å². The molecule has 0 spiro atoms. The first-order valence-electron chi connectivity index (χ1n) is 6.25. The molecule has 0 bridgehead atoms. The van der Waals surface area contributed by atoms with Gasteiger partial charge >= 0.3 is 6.18 Å². The van der Waals surface area contributed by atoms with Gasteiger partial charge in [0.2, 0.25) is 0 Å². The summed E-state index contributed by atoms with van der Waals surface area (Å²) in [5.41, 5.74) is 2.42. The minimum Gasteiger partial charge on any atom is -0.294 e. The van der Waals surface area contributed by atoms with E-state index in [4.69, 9.17) is 0 Å². The predicted octanol–water partition coefficient (Wildman–Crippen LogP) is 3.13. The van der Waals surface area contributed by atoms with Crippen LogP contribution in [0.4, 0.5) is 13.2 Å². The van der Waals surface area contributed by atoms with Gasteiger partial charge < -0.3 is 0 Å². The third kappa shape index (κ3) is 2.03. The molecule has 1 heterocycles. The first-order valence-corrected chi connectivity index (χ1v) is 6.25. The van der Waals surface area contributed by atoms with Crippen LogP contribution in [-0.2, 0) is 5.41 Å². The second-order valence-corrected chi connectivity index (χ2v) is 5.71. The molecular formula is C14H16F3N. The molecule has 0 aromatic heterocycles. The lowest BCUT2D eigenvalue weighted by molar-refractivity contribution is -0.144. The lowest BCUT2D eigenvalue weighted by atomic mass is 9.94. The monoisotopic (exact) mass is 255 g/mol. The Kier molecular flexibility index (Phi) is 2.49. The number of fused-ring (bicyclic) bond motifs is 1. The summed E-state index contributed by atoms with van der Waals surface area (Å²) in [6.07, 6.45) is -3.03. The van der Waals surface area contributed by atoms with Crippen LogP contribution in [-0.4, -0.2) is 30.7 Å². The zero-order valence-electron chi connectivity index (χ0n) is 10.3. The van der Waals surface area contributed by atoms with Crippen LogP contribution in [0.15, 0.2) is 24.3 Å². The van der Waals surface area contributed by atoms with Crippen molar-refractivity contribution >= 4 is 0 Å². The van der Waals surface area contributed by atoms with E-state index >= 15 is 0 Å². The van der Waals surface area contributed by atoms with E-state index in [1.54, 1.807) is 4.90 Å². The molecule has 0 amide bonds. The second-order valence-electron chi connectivity index (χ2n) is 5.71. The van der Waals surface area contributed by atoms with Gasteiger partial charge in [-0.05, 0) is 24.8 Å². The number of hydrogen-bond donors (Lipinski definition) is 0. The SMILES string of the molecule is Cc1ccc(C23CC2CN(CC(F)(F)F)C3)cc1. The maximum absolute atomic E-state index is 12.4. The first kappa shape index (κ1) is 12.0. The molecule has 4 heteroatoms. The molecule has 2 unspecified atom stereocenters. The third-order valence-corrected chi connectivity index (χ3v) is 4.25. The highest BCUT2D eigenvalue weighted by molar-refractivity contribution is 5.38. The van der Waals surface area contributed by atoms with Crippen molar-refractivity contribution in [3.8, 4) is 0 Å². The van der Waals surface area contributed by atoms with E-state index in [9.17, 15) is 13.2 Å². The summed E-state index contributed by atoms with van der Waals surface area (Å²) in [5.74, 6) is 0.419. The number of likely N-dealkylation sites (tertiary alicyclic amines) is 1. The lowest BCUT2D eigenvalue weighted by Crippen LogP contribution is -2.35. The Morgan fingerprint density at radius 3 is 2.56 bits per heavy atom. The van der Waals surface area contributed by atoms with Gasteiger partial charge in [-0.1, -0.05) is 29.8 Å². The van der Waals surface area contributed by atoms with E-state index in [2.05, 4.69) is 12.1 Å². The minimum absolute atomic E-state index is 0.0128. The number of alkyl halides is 3. The van der Waals surface area contributed by atoms with E-state index in [1.807, 2.05) is 19.1 Å². The molecule has 1 nitrogen and oxygen atoms in total. The number of rotatable bonds is 2. The molecule has 2 atom stereocenters.